The molecule has 4 heteroatoms. The Kier molecular flexibility index (Phi) is 9.19. The van der Waals surface area contributed by atoms with Gasteiger partial charge in [0.05, 0.1) is 24.3 Å². The van der Waals surface area contributed by atoms with Crippen LogP contribution in [0.4, 0.5) is 0 Å². The van der Waals surface area contributed by atoms with E-state index in [1.54, 1.807) is 26.0 Å². The van der Waals surface area contributed by atoms with Crippen molar-refractivity contribution in [3.63, 3.8) is 0 Å². The second-order valence-corrected chi connectivity index (χ2v) is 9.59. The van der Waals surface area contributed by atoms with Crippen molar-refractivity contribution < 1.29 is 19.1 Å². The minimum atomic E-state index is -0.469. The van der Waals surface area contributed by atoms with Crippen LogP contribution in [0.1, 0.15) is 100 Å². The van der Waals surface area contributed by atoms with E-state index in [-0.39, 0.29) is 10.8 Å². The molecule has 1 aromatic carbocycles. The molecule has 0 heterocycles. The number of carbonyl (C=O) groups is 2. The monoisotopic (exact) mass is 410 g/mol. The Morgan fingerprint density at radius 3 is 1.33 bits per heavy atom. The molecule has 1 rings (SSSR count). The summed E-state index contributed by atoms with van der Waals surface area (Å²) in [5, 5.41) is 0. The van der Waals surface area contributed by atoms with Crippen molar-refractivity contribution in [3.05, 3.63) is 34.4 Å². The zero-order chi connectivity index (χ0) is 22.9. The van der Waals surface area contributed by atoms with Gasteiger partial charge in [0.2, 0.25) is 0 Å². The van der Waals surface area contributed by atoms with E-state index in [0.29, 0.717) is 35.5 Å². The minimum absolute atomic E-state index is 0.0614. The van der Waals surface area contributed by atoms with Crippen LogP contribution in [0, 0.1) is 34.5 Å². The van der Waals surface area contributed by atoms with Crippen LogP contribution in [-0.4, -0.2) is 25.2 Å². The van der Waals surface area contributed by atoms with Crippen LogP contribution >= 0.6 is 0 Å². The van der Waals surface area contributed by atoms with Gasteiger partial charge in [0.1, 0.15) is 0 Å². The Balaban J connectivity index is 3.21. The van der Waals surface area contributed by atoms with Gasteiger partial charge in [-0.3, -0.25) is 0 Å². The summed E-state index contributed by atoms with van der Waals surface area (Å²) in [6, 6.07) is 3.16. The standard InChI is InChI=1S/C26H34O4/c1-9-11-19-17-22(24(28)30-16-14-26(6,7)8)20(12-10-2)18-21(19)23(27)29-15-13-25(3,4)5/h17-18H,13-16H2,1-8H3. The Hall–Kier alpha value is -2.72. The number of hydrogen-bond donors (Lipinski definition) is 0. The molecule has 0 atom stereocenters. The molecular formula is C26H34O4. The van der Waals surface area contributed by atoms with E-state index in [4.69, 9.17) is 9.47 Å². The van der Waals surface area contributed by atoms with Crippen molar-refractivity contribution in [2.24, 2.45) is 10.8 Å². The SMILES string of the molecule is CC#Cc1cc(C(=O)OCCC(C)(C)C)c(C#CC)cc1C(=O)OCCC(C)(C)C. The van der Waals surface area contributed by atoms with Crippen LogP contribution in [0.15, 0.2) is 12.1 Å². The first-order valence-electron chi connectivity index (χ1n) is 10.3. The first-order valence-corrected chi connectivity index (χ1v) is 10.3. The lowest BCUT2D eigenvalue weighted by atomic mass is 9.93. The van der Waals surface area contributed by atoms with E-state index in [1.165, 1.54) is 0 Å². The van der Waals surface area contributed by atoms with Crippen LogP contribution in [0.3, 0.4) is 0 Å². The molecule has 0 aliphatic heterocycles. The van der Waals surface area contributed by atoms with Gasteiger partial charge in [-0.15, -0.1) is 11.8 Å². The van der Waals surface area contributed by atoms with Crippen molar-refractivity contribution in [2.75, 3.05) is 13.2 Å². The molecule has 0 aliphatic rings. The lowest BCUT2D eigenvalue weighted by Crippen LogP contribution is -2.17. The van der Waals surface area contributed by atoms with Crippen LogP contribution in [0.25, 0.3) is 0 Å². The Morgan fingerprint density at radius 1 is 0.733 bits per heavy atom. The highest BCUT2D eigenvalue weighted by molar-refractivity contribution is 5.98. The van der Waals surface area contributed by atoms with Gasteiger partial charge < -0.3 is 9.47 Å². The Labute approximate surface area is 181 Å². The third-order valence-corrected chi connectivity index (χ3v) is 4.29. The van der Waals surface area contributed by atoms with Gasteiger partial charge in [0.15, 0.2) is 0 Å². The van der Waals surface area contributed by atoms with Gasteiger partial charge in [0.25, 0.3) is 0 Å². The van der Waals surface area contributed by atoms with Crippen molar-refractivity contribution in [2.45, 2.75) is 68.2 Å². The van der Waals surface area contributed by atoms with Gasteiger partial charge in [-0.1, -0.05) is 53.4 Å². The molecule has 1 aromatic rings. The predicted molar refractivity (Wildman–Crippen MR) is 120 cm³/mol. The van der Waals surface area contributed by atoms with Crippen molar-refractivity contribution in [1.82, 2.24) is 0 Å². The summed E-state index contributed by atoms with van der Waals surface area (Å²) < 4.78 is 10.9. The average Bonchev–Trinajstić information content (AvgIpc) is 2.60. The minimum Gasteiger partial charge on any atom is -0.462 e. The summed E-state index contributed by atoms with van der Waals surface area (Å²) in [5.74, 6) is 10.5. The third-order valence-electron chi connectivity index (χ3n) is 4.29. The summed E-state index contributed by atoms with van der Waals surface area (Å²) in [6.07, 6.45) is 1.49. The molecule has 0 spiro atoms. The van der Waals surface area contributed by atoms with Crippen LogP contribution < -0.4 is 0 Å². The molecular weight excluding hydrogens is 376 g/mol. The molecule has 30 heavy (non-hydrogen) atoms. The van der Waals surface area contributed by atoms with E-state index in [0.717, 1.165) is 12.8 Å². The fourth-order valence-electron chi connectivity index (χ4n) is 2.47. The molecule has 0 radical (unpaired) electrons. The van der Waals surface area contributed by atoms with Gasteiger partial charge >= 0.3 is 11.9 Å². The molecule has 0 aliphatic carbocycles. The van der Waals surface area contributed by atoms with Crippen LogP contribution in [0.5, 0.6) is 0 Å². The summed E-state index contributed by atoms with van der Waals surface area (Å²) in [4.78, 5) is 25.4. The highest BCUT2D eigenvalue weighted by Crippen LogP contribution is 2.22. The molecule has 0 bridgehead atoms. The fourth-order valence-corrected chi connectivity index (χ4v) is 2.47. The highest BCUT2D eigenvalue weighted by atomic mass is 16.5. The maximum absolute atomic E-state index is 12.7. The maximum Gasteiger partial charge on any atom is 0.339 e. The van der Waals surface area contributed by atoms with E-state index in [2.05, 4.69) is 65.2 Å². The number of ether oxygens (including phenoxy) is 2. The van der Waals surface area contributed by atoms with Crippen LogP contribution in [-0.2, 0) is 9.47 Å². The summed E-state index contributed by atoms with van der Waals surface area (Å²) in [5.41, 5.74) is 1.60. The largest absolute Gasteiger partial charge is 0.462 e. The molecule has 0 N–H and O–H groups in total. The highest BCUT2D eigenvalue weighted by Gasteiger charge is 2.21. The van der Waals surface area contributed by atoms with Gasteiger partial charge in [0, 0.05) is 11.1 Å². The van der Waals surface area contributed by atoms with Crippen molar-refractivity contribution >= 4 is 11.9 Å². The molecule has 0 amide bonds. The summed E-state index contributed by atoms with van der Waals surface area (Å²) in [7, 11) is 0. The van der Waals surface area contributed by atoms with Crippen molar-refractivity contribution in [1.29, 1.82) is 0 Å². The summed E-state index contributed by atoms with van der Waals surface area (Å²) >= 11 is 0. The van der Waals surface area contributed by atoms with Gasteiger partial charge in [-0.25, -0.2) is 9.59 Å². The van der Waals surface area contributed by atoms with Gasteiger partial charge in [-0.2, -0.15) is 0 Å². The summed E-state index contributed by atoms with van der Waals surface area (Å²) in [6.45, 7) is 16.5. The lowest BCUT2D eigenvalue weighted by molar-refractivity contribution is 0.0448. The van der Waals surface area contributed by atoms with E-state index < -0.39 is 11.9 Å². The first kappa shape index (κ1) is 25.3. The second-order valence-electron chi connectivity index (χ2n) is 9.59. The zero-order valence-electron chi connectivity index (χ0n) is 19.6. The fraction of sp³-hybridized carbons (Fsp3) is 0.538. The smallest absolute Gasteiger partial charge is 0.339 e. The van der Waals surface area contributed by atoms with Crippen LogP contribution in [0.2, 0.25) is 0 Å². The molecule has 162 valence electrons. The van der Waals surface area contributed by atoms with E-state index in [1.807, 2.05) is 0 Å². The number of carbonyl (C=O) groups excluding carboxylic acids is 2. The molecule has 0 fully saturated rings. The number of rotatable bonds is 6. The lowest BCUT2D eigenvalue weighted by Gasteiger charge is -2.18. The molecule has 0 unspecified atom stereocenters. The van der Waals surface area contributed by atoms with Crippen molar-refractivity contribution in [3.8, 4) is 23.7 Å². The molecule has 0 saturated carbocycles. The molecule has 0 saturated heterocycles. The Morgan fingerprint density at radius 2 is 1.07 bits per heavy atom. The number of esters is 2. The predicted octanol–water partition coefficient (Wildman–Crippen LogP) is 5.62. The second kappa shape index (κ2) is 10.9. The number of hydrogen-bond acceptors (Lipinski definition) is 4. The third kappa shape index (κ3) is 8.75. The first-order chi connectivity index (χ1) is 13.9. The number of benzene rings is 1. The zero-order valence-corrected chi connectivity index (χ0v) is 19.6. The maximum atomic E-state index is 12.7. The van der Waals surface area contributed by atoms with E-state index >= 15 is 0 Å². The van der Waals surface area contributed by atoms with E-state index in [9.17, 15) is 9.59 Å². The molecule has 0 aromatic heterocycles. The Bertz CT molecular complexity index is 812. The van der Waals surface area contributed by atoms with Gasteiger partial charge in [-0.05, 0) is 49.7 Å². The topological polar surface area (TPSA) is 52.6 Å². The quantitative estimate of drug-likeness (QED) is 0.451. The molecule has 4 nitrogen and oxygen atoms in total. The average molecular weight is 411 g/mol. The normalized spacial score (nSPS) is 10.9.